The lowest BCUT2D eigenvalue weighted by Gasteiger charge is -2.31. The van der Waals surface area contributed by atoms with Crippen LogP contribution in [0.15, 0.2) is 106 Å². The third-order valence-electron chi connectivity index (χ3n) is 8.47. The van der Waals surface area contributed by atoms with E-state index in [9.17, 15) is 18.7 Å². The van der Waals surface area contributed by atoms with Crippen molar-refractivity contribution in [2.75, 3.05) is 40.3 Å². The zero-order chi connectivity index (χ0) is 37.8. The van der Waals surface area contributed by atoms with E-state index in [-0.39, 0.29) is 36.1 Å². The summed E-state index contributed by atoms with van der Waals surface area (Å²) in [5.41, 5.74) is 14.8. The van der Waals surface area contributed by atoms with Crippen molar-refractivity contribution < 1.29 is 42.0 Å². The highest BCUT2D eigenvalue weighted by molar-refractivity contribution is 7.91. The molecule has 4 aromatic rings. The number of nitrogens with one attached hydrogen (secondary N) is 2. The molecule has 1 aliphatic rings. The van der Waals surface area contributed by atoms with Crippen LogP contribution < -0.4 is 29.8 Å². The molecule has 0 aliphatic carbocycles. The fourth-order valence-corrected chi connectivity index (χ4v) is 7.19. The molecular formula is C37H40N6O9S. The Kier molecular flexibility index (Phi) is 12.8. The van der Waals surface area contributed by atoms with Gasteiger partial charge >= 0.3 is 0 Å². The van der Waals surface area contributed by atoms with E-state index in [4.69, 9.17) is 33.8 Å². The molecule has 0 saturated carbocycles. The Hall–Kier alpha value is -5.80. The molecule has 15 nitrogen and oxygen atoms in total. The van der Waals surface area contributed by atoms with Gasteiger partial charge in [0.1, 0.15) is 5.75 Å². The van der Waals surface area contributed by atoms with Crippen molar-refractivity contribution in [1.82, 2.24) is 10.9 Å². The fourth-order valence-electron chi connectivity index (χ4n) is 5.80. The number of hydrazine groups is 1. The van der Waals surface area contributed by atoms with Crippen molar-refractivity contribution in [2.45, 2.75) is 35.9 Å². The highest BCUT2D eigenvalue weighted by Gasteiger charge is 2.54. The second-order valence-corrected chi connectivity index (χ2v) is 13.9. The first-order chi connectivity index (χ1) is 25.7. The van der Waals surface area contributed by atoms with E-state index >= 15 is 0 Å². The summed E-state index contributed by atoms with van der Waals surface area (Å²) in [6.07, 6.45) is -1.09. The molecule has 0 radical (unpaired) electrons. The molecule has 1 heterocycles. The van der Waals surface area contributed by atoms with Gasteiger partial charge in [-0.05, 0) is 59.6 Å². The van der Waals surface area contributed by atoms with Gasteiger partial charge in [-0.3, -0.25) is 10.2 Å². The van der Waals surface area contributed by atoms with Crippen LogP contribution in [0.3, 0.4) is 0 Å². The number of ether oxygens (including phenoxy) is 5. The second kappa shape index (κ2) is 17.6. The Morgan fingerprint density at radius 1 is 0.981 bits per heavy atom. The molecule has 1 aliphatic heterocycles. The number of carbonyl (C=O) groups is 1. The van der Waals surface area contributed by atoms with E-state index < -0.39 is 33.1 Å². The van der Waals surface area contributed by atoms with E-state index in [1.807, 2.05) is 0 Å². The van der Waals surface area contributed by atoms with Crippen molar-refractivity contribution in [3.63, 3.8) is 0 Å². The molecule has 1 amide bonds. The van der Waals surface area contributed by atoms with Gasteiger partial charge in [-0.25, -0.2) is 18.8 Å². The summed E-state index contributed by atoms with van der Waals surface area (Å²) >= 11 is 0. The number of aliphatic hydroxyl groups is 1. The fraction of sp³-hybridized carbons (Fsp3) is 0.297. The third kappa shape index (κ3) is 8.81. The number of nitrogens with zero attached hydrogens (tertiary/aromatic N) is 4. The minimum absolute atomic E-state index is 0.0110. The van der Waals surface area contributed by atoms with Crippen molar-refractivity contribution in [3.8, 4) is 23.0 Å². The van der Waals surface area contributed by atoms with Gasteiger partial charge in [-0.2, -0.15) is 0 Å². The maximum Gasteiger partial charge on any atom is 0.266 e. The van der Waals surface area contributed by atoms with Crippen LogP contribution in [-0.4, -0.2) is 71.2 Å². The smallest absolute Gasteiger partial charge is 0.266 e. The molecule has 3 N–H and O–H groups in total. The average Bonchev–Trinajstić information content (AvgIpc) is 3.58. The Morgan fingerprint density at radius 2 is 1.66 bits per heavy atom. The second-order valence-electron chi connectivity index (χ2n) is 11.8. The van der Waals surface area contributed by atoms with Gasteiger partial charge in [0.25, 0.3) is 5.91 Å². The standard InChI is InChI=1S/C37H40N6O9S/c1-48-31-22-25(23-32(49-2)33(31)50-3)24-39-42-36(45)37(18-21-53(46,47)28-10-5-4-6-11-28)34(29-12-7-8-13-30(29)41-43-38)52-35(40-37)26-14-16-27(17-15-26)51-20-9-19-44/h4-8,10-17,22-23,34,39,44H,9,18-21,24H2,1-3H3,(H,42,45)/t34-,37-/m0/s1. The highest BCUT2D eigenvalue weighted by atomic mass is 32.2. The van der Waals surface area contributed by atoms with Crippen LogP contribution >= 0.6 is 0 Å². The number of rotatable bonds is 18. The predicted octanol–water partition coefficient (Wildman–Crippen LogP) is 5.36. The summed E-state index contributed by atoms with van der Waals surface area (Å²) in [5.74, 6) is 0.649. The molecule has 2 atom stereocenters. The Morgan fingerprint density at radius 3 is 2.30 bits per heavy atom. The molecule has 16 heteroatoms. The quantitative estimate of drug-likeness (QED) is 0.0392. The van der Waals surface area contributed by atoms with Crippen LogP contribution in [0, 0.1) is 0 Å². The van der Waals surface area contributed by atoms with E-state index in [1.165, 1.54) is 33.5 Å². The lowest BCUT2D eigenvalue weighted by molar-refractivity contribution is -0.130. The van der Waals surface area contributed by atoms with Crippen LogP contribution in [0.1, 0.15) is 35.6 Å². The monoisotopic (exact) mass is 744 g/mol. The van der Waals surface area contributed by atoms with Crippen LogP contribution in [0.2, 0.25) is 0 Å². The number of sulfone groups is 1. The molecule has 278 valence electrons. The topological polar surface area (TPSA) is 203 Å². The number of amides is 1. The summed E-state index contributed by atoms with van der Waals surface area (Å²) in [5, 5.41) is 12.9. The van der Waals surface area contributed by atoms with Gasteiger partial charge in [-0.15, -0.1) is 0 Å². The molecular weight excluding hydrogens is 705 g/mol. The van der Waals surface area contributed by atoms with E-state index in [2.05, 4.69) is 20.9 Å². The summed E-state index contributed by atoms with van der Waals surface area (Å²) in [7, 11) is 0.564. The highest BCUT2D eigenvalue weighted by Crippen LogP contribution is 2.46. The largest absolute Gasteiger partial charge is 0.494 e. The summed E-state index contributed by atoms with van der Waals surface area (Å²) in [4.78, 5) is 22.5. The van der Waals surface area contributed by atoms with Crippen molar-refractivity contribution in [2.24, 2.45) is 10.1 Å². The Labute approximate surface area is 307 Å². The number of hydrogen-bond donors (Lipinski definition) is 3. The molecule has 0 unspecified atom stereocenters. The molecule has 53 heavy (non-hydrogen) atoms. The zero-order valence-corrected chi connectivity index (χ0v) is 30.2. The molecule has 0 fully saturated rings. The van der Waals surface area contributed by atoms with Gasteiger partial charge < -0.3 is 28.8 Å². The van der Waals surface area contributed by atoms with Crippen molar-refractivity contribution in [1.29, 1.82) is 0 Å². The SMILES string of the molecule is COc1cc(CNNC(=O)[C@@]2(CCS(=O)(=O)c3ccccc3)N=C(c3ccc(OCCCO)cc3)O[C@H]2c2ccccc2N=[N+]=[N-])cc(OC)c1OC. The van der Waals surface area contributed by atoms with E-state index in [1.54, 1.807) is 78.9 Å². The summed E-state index contributed by atoms with van der Waals surface area (Å²) in [6.45, 7) is 0.396. The van der Waals surface area contributed by atoms with Crippen LogP contribution in [0.5, 0.6) is 23.0 Å². The first-order valence-corrected chi connectivity index (χ1v) is 18.2. The van der Waals surface area contributed by atoms with Crippen LogP contribution in [-0.2, 0) is 25.9 Å². The zero-order valence-electron chi connectivity index (χ0n) is 29.4. The Bertz CT molecular complexity index is 2050. The number of hydrogen-bond acceptors (Lipinski definition) is 12. The molecule has 4 aromatic carbocycles. The number of benzene rings is 4. The summed E-state index contributed by atoms with van der Waals surface area (Å²) < 4.78 is 55.8. The first-order valence-electron chi connectivity index (χ1n) is 16.5. The lowest BCUT2D eigenvalue weighted by Crippen LogP contribution is -2.53. The van der Waals surface area contributed by atoms with Gasteiger partial charge in [0.15, 0.2) is 33.0 Å². The molecule has 0 aromatic heterocycles. The molecule has 0 saturated heterocycles. The number of methoxy groups -OCH3 is 3. The van der Waals surface area contributed by atoms with Crippen LogP contribution in [0.4, 0.5) is 5.69 Å². The van der Waals surface area contributed by atoms with Gasteiger partial charge in [-0.1, -0.05) is 47.6 Å². The lowest BCUT2D eigenvalue weighted by atomic mass is 9.84. The molecule has 5 rings (SSSR count). The van der Waals surface area contributed by atoms with Crippen molar-refractivity contribution >= 4 is 27.3 Å². The van der Waals surface area contributed by atoms with Crippen molar-refractivity contribution in [3.05, 3.63) is 118 Å². The number of aliphatic imine (C=N–C) groups is 1. The molecule has 0 bridgehead atoms. The van der Waals surface area contributed by atoms with Gasteiger partial charge in [0.05, 0.1) is 38.6 Å². The first kappa shape index (κ1) is 38.4. The maximum atomic E-state index is 14.6. The van der Waals surface area contributed by atoms with Gasteiger partial charge in [0, 0.05) is 47.7 Å². The van der Waals surface area contributed by atoms with E-state index in [0.717, 1.165) is 0 Å². The third-order valence-corrected chi connectivity index (χ3v) is 10.2. The minimum atomic E-state index is -3.91. The Balaban J connectivity index is 1.56. The number of aliphatic hydroxyl groups excluding tert-OH is 1. The predicted molar refractivity (Wildman–Crippen MR) is 196 cm³/mol. The maximum absolute atomic E-state index is 14.6. The van der Waals surface area contributed by atoms with E-state index in [0.29, 0.717) is 52.7 Å². The van der Waals surface area contributed by atoms with Crippen LogP contribution in [0.25, 0.3) is 10.4 Å². The summed E-state index contributed by atoms with van der Waals surface area (Å²) in [6, 6.07) is 24.7. The number of azide groups is 1. The normalized spacial score (nSPS) is 16.5. The minimum Gasteiger partial charge on any atom is -0.494 e. The molecule has 0 spiro atoms. The average molecular weight is 745 g/mol. The van der Waals surface area contributed by atoms with Gasteiger partial charge in [0.2, 0.25) is 11.6 Å². The number of carbonyl (C=O) groups excluding carboxylic acids is 1.